The summed E-state index contributed by atoms with van der Waals surface area (Å²) < 4.78 is 3.80. The Balaban J connectivity index is 2.53. The molecule has 2 aromatic rings. The summed E-state index contributed by atoms with van der Waals surface area (Å²) in [6.45, 7) is 2.72. The molecule has 0 unspecified atom stereocenters. The third-order valence-electron chi connectivity index (χ3n) is 3.61. The molecule has 0 amide bonds. The summed E-state index contributed by atoms with van der Waals surface area (Å²) in [6, 6.07) is 1.58. The first kappa shape index (κ1) is 14.2. The number of unbranched alkanes of at least 4 members (excludes halogenated alkanes) is 3. The SMILES string of the molecule is CCCCCCn1c(=O)n(C)c2c(=O)n(N)c(N)cc21. The van der Waals surface area contributed by atoms with Crippen molar-refractivity contribution >= 4 is 16.9 Å². The van der Waals surface area contributed by atoms with Gasteiger partial charge in [-0.1, -0.05) is 26.2 Å². The molecule has 2 aromatic heterocycles. The number of imidazole rings is 1. The molecule has 0 aliphatic rings. The molecule has 7 heteroatoms. The van der Waals surface area contributed by atoms with E-state index >= 15 is 0 Å². The molecule has 7 nitrogen and oxygen atoms in total. The number of nitrogen functional groups attached to an aromatic ring is 2. The summed E-state index contributed by atoms with van der Waals surface area (Å²) in [5.41, 5.74) is 5.89. The van der Waals surface area contributed by atoms with E-state index in [0.717, 1.165) is 30.4 Å². The summed E-state index contributed by atoms with van der Waals surface area (Å²) in [5.74, 6) is 5.72. The van der Waals surface area contributed by atoms with Gasteiger partial charge in [0.15, 0.2) is 0 Å². The van der Waals surface area contributed by atoms with Gasteiger partial charge >= 0.3 is 5.69 Å². The molecule has 0 atom stereocenters. The van der Waals surface area contributed by atoms with Crippen LogP contribution in [0.25, 0.3) is 11.0 Å². The average molecular weight is 279 g/mol. The first-order valence-corrected chi connectivity index (χ1v) is 6.84. The monoisotopic (exact) mass is 279 g/mol. The van der Waals surface area contributed by atoms with Crippen LogP contribution in [0.5, 0.6) is 0 Å². The van der Waals surface area contributed by atoms with Crippen molar-refractivity contribution < 1.29 is 0 Å². The van der Waals surface area contributed by atoms with Gasteiger partial charge in [-0.2, -0.15) is 0 Å². The van der Waals surface area contributed by atoms with Gasteiger partial charge in [0, 0.05) is 19.7 Å². The number of nitrogens with zero attached hydrogens (tertiary/aromatic N) is 3. The number of hydrogen-bond donors (Lipinski definition) is 2. The van der Waals surface area contributed by atoms with E-state index in [2.05, 4.69) is 6.92 Å². The number of pyridine rings is 1. The van der Waals surface area contributed by atoms with Gasteiger partial charge < -0.3 is 11.6 Å². The fourth-order valence-electron chi connectivity index (χ4n) is 2.43. The van der Waals surface area contributed by atoms with Crippen molar-refractivity contribution in [2.45, 2.75) is 39.2 Å². The molecule has 20 heavy (non-hydrogen) atoms. The van der Waals surface area contributed by atoms with Crippen LogP contribution < -0.4 is 22.8 Å². The zero-order chi connectivity index (χ0) is 14.9. The first-order valence-electron chi connectivity index (χ1n) is 6.84. The molecular formula is C13H21N5O2. The van der Waals surface area contributed by atoms with Gasteiger partial charge in [-0.3, -0.25) is 13.9 Å². The molecule has 2 heterocycles. The number of fused-ring (bicyclic) bond motifs is 1. The van der Waals surface area contributed by atoms with Crippen LogP contribution in [-0.2, 0) is 13.6 Å². The zero-order valence-corrected chi connectivity index (χ0v) is 11.9. The average Bonchev–Trinajstić information content (AvgIpc) is 2.65. The normalized spacial score (nSPS) is 11.3. The smallest absolute Gasteiger partial charge is 0.328 e. The van der Waals surface area contributed by atoms with Crippen molar-refractivity contribution in [1.82, 2.24) is 13.8 Å². The van der Waals surface area contributed by atoms with Crippen LogP contribution in [0.3, 0.4) is 0 Å². The maximum atomic E-state index is 12.2. The minimum Gasteiger partial charge on any atom is -0.384 e. The van der Waals surface area contributed by atoms with E-state index in [9.17, 15) is 9.59 Å². The topological polar surface area (TPSA) is 101 Å². The molecule has 0 spiro atoms. The largest absolute Gasteiger partial charge is 0.384 e. The first-order chi connectivity index (χ1) is 9.49. The third-order valence-corrected chi connectivity index (χ3v) is 3.61. The van der Waals surface area contributed by atoms with Crippen molar-refractivity contribution in [1.29, 1.82) is 0 Å². The van der Waals surface area contributed by atoms with E-state index in [-0.39, 0.29) is 11.5 Å². The predicted octanol–water partition coefficient (Wildman–Crippen LogP) is 0.378. The maximum Gasteiger partial charge on any atom is 0.328 e. The predicted molar refractivity (Wildman–Crippen MR) is 80.1 cm³/mol. The van der Waals surface area contributed by atoms with Crippen molar-refractivity contribution in [2.24, 2.45) is 7.05 Å². The standard InChI is InChI=1S/C13H21N5O2/c1-3-4-5-6-7-17-9-8-10(14)18(15)12(19)11(9)16(2)13(17)20/h8H,3-7,14-15H2,1-2H3. The van der Waals surface area contributed by atoms with Crippen LogP contribution in [0, 0.1) is 0 Å². The summed E-state index contributed by atoms with van der Waals surface area (Å²) in [5, 5.41) is 0. The Morgan fingerprint density at radius 3 is 2.55 bits per heavy atom. The van der Waals surface area contributed by atoms with E-state index in [4.69, 9.17) is 11.6 Å². The van der Waals surface area contributed by atoms with Crippen LogP contribution in [0.15, 0.2) is 15.7 Å². The zero-order valence-electron chi connectivity index (χ0n) is 11.9. The van der Waals surface area contributed by atoms with Gasteiger partial charge in [-0.15, -0.1) is 0 Å². The highest BCUT2D eigenvalue weighted by atomic mass is 16.2. The number of anilines is 1. The highest BCUT2D eigenvalue weighted by molar-refractivity contribution is 5.77. The fourth-order valence-corrected chi connectivity index (χ4v) is 2.43. The summed E-state index contributed by atoms with van der Waals surface area (Å²) >= 11 is 0. The Morgan fingerprint density at radius 2 is 1.90 bits per heavy atom. The molecule has 110 valence electrons. The van der Waals surface area contributed by atoms with E-state index in [1.165, 1.54) is 4.57 Å². The van der Waals surface area contributed by atoms with Crippen molar-refractivity contribution in [3.8, 4) is 0 Å². The molecule has 0 bridgehead atoms. The van der Waals surface area contributed by atoms with Crippen LogP contribution in [0.4, 0.5) is 5.82 Å². The lowest BCUT2D eigenvalue weighted by atomic mass is 10.2. The molecule has 0 fully saturated rings. The molecule has 0 saturated carbocycles. The van der Waals surface area contributed by atoms with Gasteiger partial charge in [-0.05, 0) is 6.42 Å². The van der Waals surface area contributed by atoms with Gasteiger partial charge in [0.2, 0.25) is 0 Å². The van der Waals surface area contributed by atoms with Crippen LogP contribution in [0.1, 0.15) is 32.6 Å². The summed E-state index contributed by atoms with van der Waals surface area (Å²) in [6.07, 6.45) is 4.23. The number of rotatable bonds is 5. The minimum absolute atomic E-state index is 0.149. The van der Waals surface area contributed by atoms with Gasteiger partial charge in [0.1, 0.15) is 11.3 Å². The van der Waals surface area contributed by atoms with Crippen LogP contribution in [0.2, 0.25) is 0 Å². The highest BCUT2D eigenvalue weighted by Crippen LogP contribution is 2.12. The van der Waals surface area contributed by atoms with Gasteiger partial charge in [0.05, 0.1) is 5.52 Å². The molecule has 0 saturated heterocycles. The van der Waals surface area contributed by atoms with Crippen molar-refractivity contribution in [3.05, 3.63) is 26.9 Å². The number of hydrogen-bond acceptors (Lipinski definition) is 4. The Bertz CT molecular complexity index is 738. The fraction of sp³-hybridized carbons (Fsp3) is 0.538. The van der Waals surface area contributed by atoms with Crippen LogP contribution >= 0.6 is 0 Å². The van der Waals surface area contributed by atoms with Crippen LogP contribution in [-0.4, -0.2) is 13.8 Å². The number of aromatic nitrogens is 3. The molecular weight excluding hydrogens is 258 g/mol. The Morgan fingerprint density at radius 1 is 1.20 bits per heavy atom. The lowest BCUT2D eigenvalue weighted by molar-refractivity contribution is 0.573. The molecule has 0 aromatic carbocycles. The number of nitrogens with two attached hydrogens (primary N) is 2. The molecule has 2 rings (SSSR count). The molecule has 0 aliphatic heterocycles. The maximum absolute atomic E-state index is 12.2. The quantitative estimate of drug-likeness (QED) is 0.610. The Labute approximate surface area is 116 Å². The van der Waals surface area contributed by atoms with E-state index < -0.39 is 5.56 Å². The second kappa shape index (κ2) is 5.44. The second-order valence-corrected chi connectivity index (χ2v) is 5.03. The lowest BCUT2D eigenvalue weighted by Gasteiger charge is -2.05. The number of aryl methyl sites for hydroxylation is 2. The van der Waals surface area contributed by atoms with Crippen molar-refractivity contribution in [2.75, 3.05) is 11.6 Å². The Kier molecular flexibility index (Phi) is 3.87. The second-order valence-electron chi connectivity index (χ2n) is 5.03. The van der Waals surface area contributed by atoms with Gasteiger partial charge in [-0.25, -0.2) is 9.47 Å². The van der Waals surface area contributed by atoms with Gasteiger partial charge in [0.25, 0.3) is 5.56 Å². The Hall–Kier alpha value is -2.18. The van der Waals surface area contributed by atoms with E-state index in [0.29, 0.717) is 17.6 Å². The van der Waals surface area contributed by atoms with Crippen molar-refractivity contribution in [3.63, 3.8) is 0 Å². The molecule has 0 radical (unpaired) electrons. The van der Waals surface area contributed by atoms with E-state index in [1.54, 1.807) is 17.7 Å². The minimum atomic E-state index is -0.452. The van der Waals surface area contributed by atoms with E-state index in [1.807, 2.05) is 0 Å². The third kappa shape index (κ3) is 2.19. The highest BCUT2D eigenvalue weighted by Gasteiger charge is 2.16. The molecule has 4 N–H and O–H groups in total. The summed E-state index contributed by atoms with van der Waals surface area (Å²) in [7, 11) is 1.57. The summed E-state index contributed by atoms with van der Waals surface area (Å²) in [4.78, 5) is 24.3. The lowest BCUT2D eigenvalue weighted by Crippen LogP contribution is -2.30. The molecule has 0 aliphatic carbocycles.